The summed E-state index contributed by atoms with van der Waals surface area (Å²) in [6, 6.07) is 4.21. The van der Waals surface area contributed by atoms with Gasteiger partial charge in [-0.3, -0.25) is 4.90 Å². The van der Waals surface area contributed by atoms with Crippen LogP contribution in [0.15, 0.2) is 18.2 Å². The number of nitrogens with one attached hydrogen (secondary N) is 2. The normalized spacial score (nSPS) is 28.1. The average molecular weight is 360 g/mol. The summed E-state index contributed by atoms with van der Waals surface area (Å²) < 4.78 is 14.3. The molecule has 0 bridgehead atoms. The maximum Gasteiger partial charge on any atom is 0.322 e. The second-order valence-electron chi connectivity index (χ2n) is 7.62. The summed E-state index contributed by atoms with van der Waals surface area (Å²) in [7, 11) is 0. The Morgan fingerprint density at radius 3 is 2.88 bits per heavy atom. The van der Waals surface area contributed by atoms with Crippen molar-refractivity contribution in [1.82, 2.24) is 10.2 Å². The third-order valence-electron chi connectivity index (χ3n) is 6.02. The SMILES string of the molecule is C[C@@H]1CN(C(=O)Nc2cc(N3CCNC3=O)ccc2F)[C@@H]2CCCC[C@@H]12. The lowest BCUT2D eigenvalue weighted by molar-refractivity contribution is 0.180. The van der Waals surface area contributed by atoms with E-state index in [4.69, 9.17) is 0 Å². The first kappa shape index (κ1) is 17.1. The molecule has 2 aliphatic heterocycles. The number of anilines is 2. The smallest absolute Gasteiger partial charge is 0.322 e. The summed E-state index contributed by atoms with van der Waals surface area (Å²) in [4.78, 5) is 28.1. The minimum atomic E-state index is -0.492. The molecular weight excluding hydrogens is 335 g/mol. The third-order valence-corrected chi connectivity index (χ3v) is 6.02. The van der Waals surface area contributed by atoms with E-state index in [9.17, 15) is 14.0 Å². The van der Waals surface area contributed by atoms with Gasteiger partial charge in [-0.1, -0.05) is 19.8 Å². The fraction of sp³-hybridized carbons (Fsp3) is 0.579. The van der Waals surface area contributed by atoms with Crippen molar-refractivity contribution in [3.05, 3.63) is 24.0 Å². The highest BCUT2D eigenvalue weighted by molar-refractivity contribution is 5.96. The van der Waals surface area contributed by atoms with Gasteiger partial charge in [-0.05, 0) is 42.9 Å². The van der Waals surface area contributed by atoms with Crippen molar-refractivity contribution in [2.45, 2.75) is 38.6 Å². The van der Waals surface area contributed by atoms with Crippen molar-refractivity contribution in [3.63, 3.8) is 0 Å². The first-order chi connectivity index (χ1) is 12.5. The maximum atomic E-state index is 14.3. The first-order valence-electron chi connectivity index (χ1n) is 9.47. The number of likely N-dealkylation sites (tertiary alicyclic amines) is 1. The van der Waals surface area contributed by atoms with Gasteiger partial charge in [-0.2, -0.15) is 0 Å². The van der Waals surface area contributed by atoms with Crippen LogP contribution in [0, 0.1) is 17.7 Å². The molecule has 3 aliphatic rings. The average Bonchev–Trinajstić information content (AvgIpc) is 3.21. The topological polar surface area (TPSA) is 64.7 Å². The van der Waals surface area contributed by atoms with E-state index < -0.39 is 5.82 Å². The van der Waals surface area contributed by atoms with Crippen LogP contribution in [0.4, 0.5) is 25.4 Å². The molecule has 7 heteroatoms. The molecule has 3 fully saturated rings. The summed E-state index contributed by atoms with van der Waals surface area (Å²) in [5.41, 5.74) is 0.709. The molecule has 0 unspecified atom stereocenters. The van der Waals surface area contributed by atoms with E-state index in [1.165, 1.54) is 25.0 Å². The molecule has 26 heavy (non-hydrogen) atoms. The van der Waals surface area contributed by atoms with Gasteiger partial charge in [0.25, 0.3) is 0 Å². The summed E-state index contributed by atoms with van der Waals surface area (Å²) in [5.74, 6) is 0.545. The second-order valence-corrected chi connectivity index (χ2v) is 7.62. The van der Waals surface area contributed by atoms with E-state index in [-0.39, 0.29) is 23.8 Å². The monoisotopic (exact) mass is 360 g/mol. The number of benzene rings is 1. The van der Waals surface area contributed by atoms with Crippen LogP contribution >= 0.6 is 0 Å². The molecule has 1 aliphatic carbocycles. The number of hydrogen-bond acceptors (Lipinski definition) is 2. The van der Waals surface area contributed by atoms with Crippen molar-refractivity contribution in [2.75, 3.05) is 29.9 Å². The van der Waals surface area contributed by atoms with E-state index in [1.54, 1.807) is 11.0 Å². The Bertz CT molecular complexity index is 725. The number of hydrogen-bond donors (Lipinski definition) is 2. The van der Waals surface area contributed by atoms with Crippen LogP contribution < -0.4 is 15.5 Å². The molecule has 0 radical (unpaired) electrons. The number of carbonyl (C=O) groups is 2. The highest BCUT2D eigenvalue weighted by Gasteiger charge is 2.42. The Kier molecular flexibility index (Phi) is 4.46. The minimum absolute atomic E-state index is 0.124. The van der Waals surface area contributed by atoms with Gasteiger partial charge in [0.05, 0.1) is 5.69 Å². The molecule has 0 aromatic heterocycles. The van der Waals surface area contributed by atoms with Gasteiger partial charge in [0.1, 0.15) is 5.82 Å². The number of fused-ring (bicyclic) bond motifs is 1. The lowest BCUT2D eigenvalue weighted by Gasteiger charge is -2.32. The molecule has 2 N–H and O–H groups in total. The number of urea groups is 2. The number of halogens is 1. The van der Waals surface area contributed by atoms with Gasteiger partial charge in [0, 0.05) is 31.4 Å². The van der Waals surface area contributed by atoms with Crippen LogP contribution in [-0.4, -0.2) is 42.6 Å². The Morgan fingerprint density at radius 2 is 2.12 bits per heavy atom. The predicted molar refractivity (Wildman–Crippen MR) is 97.8 cm³/mol. The van der Waals surface area contributed by atoms with Crippen LogP contribution in [-0.2, 0) is 0 Å². The largest absolute Gasteiger partial charge is 0.336 e. The number of rotatable bonds is 2. The van der Waals surface area contributed by atoms with Crippen molar-refractivity contribution >= 4 is 23.4 Å². The molecule has 2 heterocycles. The molecule has 0 spiro atoms. The highest BCUT2D eigenvalue weighted by Crippen LogP contribution is 2.40. The number of nitrogens with zero attached hydrogens (tertiary/aromatic N) is 2. The second kappa shape index (κ2) is 6.78. The molecule has 1 aromatic rings. The molecule has 3 atom stereocenters. The van der Waals surface area contributed by atoms with E-state index in [0.717, 1.165) is 19.4 Å². The Balaban J connectivity index is 1.51. The van der Waals surface area contributed by atoms with Gasteiger partial charge < -0.3 is 15.5 Å². The van der Waals surface area contributed by atoms with E-state index in [2.05, 4.69) is 17.6 Å². The van der Waals surface area contributed by atoms with E-state index >= 15 is 0 Å². The zero-order chi connectivity index (χ0) is 18.3. The first-order valence-corrected chi connectivity index (χ1v) is 9.47. The van der Waals surface area contributed by atoms with Crippen molar-refractivity contribution in [3.8, 4) is 0 Å². The number of carbonyl (C=O) groups excluding carboxylic acids is 2. The third kappa shape index (κ3) is 2.99. The quantitative estimate of drug-likeness (QED) is 0.849. The standard InChI is InChI=1S/C19H25FN4O2/c1-12-11-24(17-5-3-2-4-14(12)17)19(26)22-16-10-13(6-7-15(16)20)23-9-8-21-18(23)25/h6-7,10,12,14,17H,2-5,8-9,11H2,1H3,(H,21,25)(H,22,26)/t12-,14+,17-/m1/s1. The van der Waals surface area contributed by atoms with Crippen LogP contribution in [0.3, 0.4) is 0 Å². The van der Waals surface area contributed by atoms with Crippen LogP contribution in [0.1, 0.15) is 32.6 Å². The summed E-state index contributed by atoms with van der Waals surface area (Å²) in [6.45, 7) is 4.01. The van der Waals surface area contributed by atoms with Gasteiger partial charge in [-0.15, -0.1) is 0 Å². The lowest BCUT2D eigenvalue weighted by Crippen LogP contribution is -2.41. The Labute approximate surface area is 152 Å². The fourth-order valence-electron chi connectivity index (χ4n) is 4.69. The minimum Gasteiger partial charge on any atom is -0.336 e. The lowest BCUT2D eigenvalue weighted by atomic mass is 9.80. The molecule has 4 rings (SSSR count). The van der Waals surface area contributed by atoms with Crippen molar-refractivity contribution in [1.29, 1.82) is 0 Å². The van der Waals surface area contributed by atoms with Crippen molar-refractivity contribution < 1.29 is 14.0 Å². The molecule has 6 nitrogen and oxygen atoms in total. The molecule has 2 saturated heterocycles. The van der Waals surface area contributed by atoms with E-state index in [1.807, 2.05) is 4.90 Å². The van der Waals surface area contributed by atoms with Crippen LogP contribution in [0.2, 0.25) is 0 Å². The fourth-order valence-corrected chi connectivity index (χ4v) is 4.69. The zero-order valence-electron chi connectivity index (χ0n) is 15.0. The summed E-state index contributed by atoms with van der Waals surface area (Å²) in [5, 5.41) is 5.46. The zero-order valence-corrected chi connectivity index (χ0v) is 15.0. The highest BCUT2D eigenvalue weighted by atomic mass is 19.1. The van der Waals surface area contributed by atoms with Crippen molar-refractivity contribution in [2.24, 2.45) is 11.8 Å². The van der Waals surface area contributed by atoms with Crippen LogP contribution in [0.25, 0.3) is 0 Å². The maximum absolute atomic E-state index is 14.3. The van der Waals surface area contributed by atoms with Gasteiger partial charge >= 0.3 is 12.1 Å². The molecule has 1 aromatic carbocycles. The predicted octanol–water partition coefficient (Wildman–Crippen LogP) is 3.40. The molecule has 1 saturated carbocycles. The summed E-state index contributed by atoms with van der Waals surface area (Å²) in [6.07, 6.45) is 4.57. The van der Waals surface area contributed by atoms with Gasteiger partial charge in [0.2, 0.25) is 0 Å². The van der Waals surface area contributed by atoms with Crippen LogP contribution in [0.5, 0.6) is 0 Å². The Hall–Kier alpha value is -2.31. The molecule has 140 valence electrons. The summed E-state index contributed by atoms with van der Waals surface area (Å²) >= 11 is 0. The number of amides is 4. The molecular formula is C19H25FN4O2. The van der Waals surface area contributed by atoms with Gasteiger partial charge in [0.15, 0.2) is 0 Å². The Morgan fingerprint density at radius 1 is 1.31 bits per heavy atom. The van der Waals surface area contributed by atoms with E-state index in [0.29, 0.717) is 30.6 Å². The molecule has 4 amide bonds. The van der Waals surface area contributed by atoms with Gasteiger partial charge in [-0.25, -0.2) is 14.0 Å².